The van der Waals surface area contributed by atoms with E-state index in [-0.39, 0.29) is 5.91 Å². The Balaban J connectivity index is 1.38. The number of hydrogen-bond donors (Lipinski definition) is 1. The quantitative estimate of drug-likeness (QED) is 0.796. The van der Waals surface area contributed by atoms with Crippen molar-refractivity contribution >= 4 is 5.91 Å². The highest BCUT2D eigenvalue weighted by Crippen LogP contribution is 2.26. The summed E-state index contributed by atoms with van der Waals surface area (Å²) in [6.45, 7) is 8.31. The molecule has 2 aromatic rings. The molecule has 0 bridgehead atoms. The molecular formula is C24H32N4O2. The molecule has 1 amide bonds. The van der Waals surface area contributed by atoms with Crippen LogP contribution in [0.25, 0.3) is 0 Å². The first-order valence-corrected chi connectivity index (χ1v) is 10.9. The minimum atomic E-state index is 0.122. The van der Waals surface area contributed by atoms with Crippen LogP contribution in [0.3, 0.4) is 0 Å². The maximum Gasteiger partial charge on any atom is 0.253 e. The van der Waals surface area contributed by atoms with Crippen LogP contribution in [0.2, 0.25) is 0 Å². The Bertz CT molecular complexity index is 871. The van der Waals surface area contributed by atoms with E-state index in [0.717, 1.165) is 74.8 Å². The van der Waals surface area contributed by atoms with Crippen molar-refractivity contribution in [2.45, 2.75) is 26.3 Å². The molecule has 4 rings (SSSR count). The van der Waals surface area contributed by atoms with Crippen LogP contribution in [0.4, 0.5) is 0 Å². The van der Waals surface area contributed by atoms with Gasteiger partial charge in [-0.3, -0.25) is 14.7 Å². The van der Waals surface area contributed by atoms with Crippen molar-refractivity contribution in [3.63, 3.8) is 0 Å². The van der Waals surface area contributed by atoms with Gasteiger partial charge in [-0.2, -0.15) is 0 Å². The highest BCUT2D eigenvalue weighted by atomic mass is 16.5. The summed E-state index contributed by atoms with van der Waals surface area (Å²) in [4.78, 5) is 22.0. The topological polar surface area (TPSA) is 57.7 Å². The second kappa shape index (κ2) is 9.58. The Morgan fingerprint density at radius 3 is 2.77 bits per heavy atom. The normalized spacial score (nSPS) is 19.8. The molecular weight excluding hydrogens is 376 g/mol. The summed E-state index contributed by atoms with van der Waals surface area (Å²) in [6, 6.07) is 9.97. The van der Waals surface area contributed by atoms with Gasteiger partial charge in [-0.05, 0) is 74.2 Å². The molecule has 1 unspecified atom stereocenters. The third kappa shape index (κ3) is 4.82. The van der Waals surface area contributed by atoms with Crippen LogP contribution in [-0.2, 0) is 13.0 Å². The number of amides is 1. The van der Waals surface area contributed by atoms with Crippen molar-refractivity contribution in [3.8, 4) is 5.75 Å². The Kier molecular flexibility index (Phi) is 6.65. The number of hydrogen-bond acceptors (Lipinski definition) is 5. The second-order valence-electron chi connectivity index (χ2n) is 8.42. The lowest BCUT2D eigenvalue weighted by molar-refractivity contribution is 0.0626. The minimum Gasteiger partial charge on any atom is -0.496 e. The second-order valence-corrected chi connectivity index (χ2v) is 8.42. The molecule has 1 N–H and O–H groups in total. The molecule has 0 spiro atoms. The summed E-state index contributed by atoms with van der Waals surface area (Å²) in [7, 11) is 1.70. The Labute approximate surface area is 179 Å². The number of methoxy groups -OCH3 is 1. The third-order valence-electron chi connectivity index (χ3n) is 6.35. The summed E-state index contributed by atoms with van der Waals surface area (Å²) < 4.78 is 5.56. The molecule has 0 radical (unpaired) electrons. The molecule has 6 nitrogen and oxygen atoms in total. The maximum absolute atomic E-state index is 13.1. The van der Waals surface area contributed by atoms with Gasteiger partial charge in [-0.15, -0.1) is 0 Å². The number of aromatic nitrogens is 1. The Morgan fingerprint density at radius 2 is 2.07 bits per heavy atom. The molecule has 2 fully saturated rings. The Morgan fingerprint density at radius 1 is 1.23 bits per heavy atom. The molecule has 1 aromatic carbocycles. The first-order chi connectivity index (χ1) is 14.6. The van der Waals surface area contributed by atoms with E-state index in [1.54, 1.807) is 7.11 Å². The number of benzene rings is 1. The lowest BCUT2D eigenvalue weighted by atomic mass is 9.96. The van der Waals surface area contributed by atoms with Crippen LogP contribution in [0.5, 0.6) is 5.75 Å². The fraction of sp³-hybridized carbons (Fsp3) is 0.500. The van der Waals surface area contributed by atoms with Crippen LogP contribution in [0.15, 0.2) is 36.5 Å². The molecule has 3 heterocycles. The SMILES string of the molecule is COc1ccc(C(=O)N2CCN(Cc3ncccc3C)CC2)cc1CC1CCNC1. The summed E-state index contributed by atoms with van der Waals surface area (Å²) in [5.41, 5.74) is 4.25. The fourth-order valence-corrected chi connectivity index (χ4v) is 4.46. The van der Waals surface area contributed by atoms with Crippen molar-refractivity contribution in [3.05, 3.63) is 58.9 Å². The highest BCUT2D eigenvalue weighted by Gasteiger charge is 2.24. The van der Waals surface area contributed by atoms with E-state index in [9.17, 15) is 4.79 Å². The van der Waals surface area contributed by atoms with Gasteiger partial charge in [-0.25, -0.2) is 0 Å². The molecule has 0 saturated carbocycles. The molecule has 1 aromatic heterocycles. The predicted octanol–water partition coefficient (Wildman–Crippen LogP) is 2.51. The number of nitrogens with zero attached hydrogens (tertiary/aromatic N) is 3. The number of piperazine rings is 1. The number of rotatable bonds is 6. The first kappa shape index (κ1) is 20.8. The van der Waals surface area contributed by atoms with Gasteiger partial charge in [0.25, 0.3) is 5.91 Å². The van der Waals surface area contributed by atoms with Crippen LogP contribution in [-0.4, -0.2) is 67.1 Å². The van der Waals surface area contributed by atoms with Crippen molar-refractivity contribution in [2.24, 2.45) is 5.92 Å². The van der Waals surface area contributed by atoms with Crippen molar-refractivity contribution < 1.29 is 9.53 Å². The monoisotopic (exact) mass is 408 g/mol. The van der Waals surface area contributed by atoms with Gasteiger partial charge in [0.05, 0.1) is 12.8 Å². The third-order valence-corrected chi connectivity index (χ3v) is 6.35. The standard InChI is InChI=1S/C24H32N4O2/c1-18-4-3-8-26-22(18)17-27-10-12-28(13-11-27)24(29)20-5-6-23(30-2)21(15-20)14-19-7-9-25-16-19/h3-6,8,15,19,25H,7,9-14,16-17H2,1-2H3. The largest absolute Gasteiger partial charge is 0.496 e. The minimum absolute atomic E-state index is 0.122. The predicted molar refractivity (Wildman–Crippen MR) is 118 cm³/mol. The zero-order chi connectivity index (χ0) is 20.9. The first-order valence-electron chi connectivity index (χ1n) is 10.9. The number of carbonyl (C=O) groups excluding carboxylic acids is 1. The summed E-state index contributed by atoms with van der Waals surface area (Å²) in [6.07, 6.45) is 3.98. The van der Waals surface area contributed by atoms with Gasteiger partial charge < -0.3 is 15.0 Å². The highest BCUT2D eigenvalue weighted by molar-refractivity contribution is 5.94. The van der Waals surface area contributed by atoms with E-state index >= 15 is 0 Å². The molecule has 1 atom stereocenters. The van der Waals surface area contributed by atoms with Gasteiger partial charge in [0.15, 0.2) is 0 Å². The molecule has 6 heteroatoms. The van der Waals surface area contributed by atoms with Crippen LogP contribution >= 0.6 is 0 Å². The number of aryl methyl sites for hydroxylation is 1. The van der Waals surface area contributed by atoms with Crippen LogP contribution in [0, 0.1) is 12.8 Å². The summed E-state index contributed by atoms with van der Waals surface area (Å²) in [5, 5.41) is 3.42. The van der Waals surface area contributed by atoms with Crippen molar-refractivity contribution in [1.82, 2.24) is 20.1 Å². The molecule has 2 aliphatic rings. The van der Waals surface area contributed by atoms with E-state index in [1.165, 1.54) is 12.0 Å². The lowest BCUT2D eigenvalue weighted by Crippen LogP contribution is -2.48. The van der Waals surface area contributed by atoms with Crippen LogP contribution < -0.4 is 10.1 Å². The molecule has 0 aliphatic carbocycles. The number of carbonyl (C=O) groups is 1. The zero-order valence-electron chi connectivity index (χ0n) is 18.1. The lowest BCUT2D eigenvalue weighted by Gasteiger charge is -2.35. The van der Waals surface area contributed by atoms with E-state index < -0.39 is 0 Å². The van der Waals surface area contributed by atoms with E-state index in [2.05, 4.69) is 28.2 Å². The van der Waals surface area contributed by atoms with E-state index in [0.29, 0.717) is 5.92 Å². The van der Waals surface area contributed by atoms with Crippen LogP contribution in [0.1, 0.15) is 33.6 Å². The zero-order valence-corrected chi connectivity index (χ0v) is 18.1. The fourth-order valence-electron chi connectivity index (χ4n) is 4.46. The average Bonchev–Trinajstić information content (AvgIpc) is 3.28. The summed E-state index contributed by atoms with van der Waals surface area (Å²) in [5.74, 6) is 1.62. The van der Waals surface area contributed by atoms with Gasteiger partial charge in [0.1, 0.15) is 5.75 Å². The number of pyridine rings is 1. The average molecular weight is 409 g/mol. The van der Waals surface area contributed by atoms with Gasteiger partial charge >= 0.3 is 0 Å². The van der Waals surface area contributed by atoms with Gasteiger partial charge in [0.2, 0.25) is 0 Å². The molecule has 160 valence electrons. The molecule has 30 heavy (non-hydrogen) atoms. The molecule has 2 aliphatic heterocycles. The van der Waals surface area contributed by atoms with Crippen molar-refractivity contribution in [2.75, 3.05) is 46.4 Å². The van der Waals surface area contributed by atoms with Gasteiger partial charge in [-0.1, -0.05) is 6.07 Å². The summed E-state index contributed by atoms with van der Waals surface area (Å²) >= 11 is 0. The van der Waals surface area contributed by atoms with Crippen molar-refractivity contribution in [1.29, 1.82) is 0 Å². The van der Waals surface area contributed by atoms with E-state index in [1.807, 2.05) is 35.4 Å². The Hall–Kier alpha value is -2.44. The van der Waals surface area contributed by atoms with Gasteiger partial charge in [0, 0.05) is 44.5 Å². The molecule has 2 saturated heterocycles. The smallest absolute Gasteiger partial charge is 0.253 e. The number of ether oxygens (including phenoxy) is 1. The number of nitrogens with one attached hydrogen (secondary N) is 1. The van der Waals surface area contributed by atoms with E-state index in [4.69, 9.17) is 4.74 Å². The maximum atomic E-state index is 13.1.